The molecule has 3 unspecified atom stereocenters. The van der Waals surface area contributed by atoms with Crippen LogP contribution in [-0.4, -0.2) is 68.0 Å². The number of halogens is 4. The maximum absolute atomic E-state index is 12.4. The molecular formula is C18H32F3IN4O. The third kappa shape index (κ3) is 7.23. The highest BCUT2D eigenvalue weighted by atomic mass is 127. The summed E-state index contributed by atoms with van der Waals surface area (Å²) in [6.45, 7) is 3.86. The van der Waals surface area contributed by atoms with Crippen LogP contribution in [0.15, 0.2) is 4.99 Å². The number of hydrogen-bond acceptors (Lipinski definition) is 3. The zero-order chi connectivity index (χ0) is 18.6. The van der Waals surface area contributed by atoms with Crippen LogP contribution in [0.25, 0.3) is 0 Å². The van der Waals surface area contributed by atoms with E-state index in [1.807, 2.05) is 6.92 Å². The Hall–Kier alpha value is -0.290. The predicted molar refractivity (Wildman–Crippen MR) is 111 cm³/mol. The maximum Gasteiger partial charge on any atom is 0.401 e. The van der Waals surface area contributed by atoms with Crippen LogP contribution in [0.3, 0.4) is 0 Å². The number of piperidine rings is 1. The summed E-state index contributed by atoms with van der Waals surface area (Å²) in [4.78, 5) is 6.19. The van der Waals surface area contributed by atoms with Crippen LogP contribution in [0, 0.1) is 5.92 Å². The Labute approximate surface area is 176 Å². The third-order valence-corrected chi connectivity index (χ3v) is 5.69. The first-order valence-corrected chi connectivity index (χ1v) is 9.92. The van der Waals surface area contributed by atoms with Crippen molar-refractivity contribution in [3.63, 3.8) is 0 Å². The van der Waals surface area contributed by atoms with Gasteiger partial charge in [-0.3, -0.25) is 9.89 Å². The summed E-state index contributed by atoms with van der Waals surface area (Å²) >= 11 is 0. The fourth-order valence-corrected chi connectivity index (χ4v) is 4.33. The highest BCUT2D eigenvalue weighted by Gasteiger charge is 2.41. The van der Waals surface area contributed by atoms with Gasteiger partial charge in [-0.25, -0.2) is 0 Å². The molecule has 3 aliphatic rings. The standard InChI is InChI=1S/C18H31F3N4O.HI/c1-2-22-17(24-15-11-14-3-4-16(15)26-14)23-8-5-13-6-9-25(10-7-13)12-18(19,20)21;/h13-16H,2-12H2,1H3,(H2,22,23,24);1H. The van der Waals surface area contributed by atoms with E-state index < -0.39 is 12.7 Å². The fourth-order valence-electron chi connectivity index (χ4n) is 4.33. The van der Waals surface area contributed by atoms with Gasteiger partial charge in [-0.15, -0.1) is 24.0 Å². The number of likely N-dealkylation sites (tertiary alicyclic amines) is 1. The molecule has 0 amide bonds. The summed E-state index contributed by atoms with van der Waals surface area (Å²) in [6, 6.07) is 0.345. The summed E-state index contributed by atoms with van der Waals surface area (Å²) < 4.78 is 43.2. The summed E-state index contributed by atoms with van der Waals surface area (Å²) in [5.74, 6) is 1.31. The van der Waals surface area contributed by atoms with Crippen molar-refractivity contribution in [2.45, 2.75) is 69.9 Å². The zero-order valence-electron chi connectivity index (χ0n) is 15.9. The van der Waals surface area contributed by atoms with Crippen molar-refractivity contribution < 1.29 is 17.9 Å². The average molecular weight is 504 g/mol. The van der Waals surface area contributed by atoms with Crippen molar-refractivity contribution in [3.8, 4) is 0 Å². The number of fused-ring (bicyclic) bond motifs is 2. The van der Waals surface area contributed by atoms with Gasteiger partial charge in [-0.2, -0.15) is 13.2 Å². The number of hydrogen-bond donors (Lipinski definition) is 2. The van der Waals surface area contributed by atoms with Crippen LogP contribution in [-0.2, 0) is 4.74 Å². The van der Waals surface area contributed by atoms with Gasteiger partial charge in [-0.05, 0) is 64.5 Å². The smallest absolute Gasteiger partial charge is 0.373 e. The number of aliphatic imine (C=N–C) groups is 1. The van der Waals surface area contributed by atoms with Crippen LogP contribution < -0.4 is 10.6 Å². The van der Waals surface area contributed by atoms with E-state index in [-0.39, 0.29) is 24.0 Å². The second kappa shape index (κ2) is 10.5. The molecule has 3 saturated heterocycles. The van der Waals surface area contributed by atoms with Gasteiger partial charge in [0.25, 0.3) is 0 Å². The molecule has 2 bridgehead atoms. The van der Waals surface area contributed by atoms with Gasteiger partial charge in [0.2, 0.25) is 0 Å². The lowest BCUT2D eigenvalue weighted by Gasteiger charge is -2.32. The molecule has 3 rings (SSSR count). The van der Waals surface area contributed by atoms with Gasteiger partial charge in [0.15, 0.2) is 5.96 Å². The van der Waals surface area contributed by atoms with E-state index in [4.69, 9.17) is 4.74 Å². The molecule has 2 N–H and O–H groups in total. The molecule has 0 aliphatic carbocycles. The Morgan fingerprint density at radius 1 is 1.19 bits per heavy atom. The molecule has 3 aliphatic heterocycles. The Bertz CT molecular complexity index is 484. The Kier molecular flexibility index (Phi) is 8.92. The molecule has 3 atom stereocenters. The number of alkyl halides is 3. The minimum Gasteiger partial charge on any atom is -0.373 e. The first-order chi connectivity index (χ1) is 12.4. The van der Waals surface area contributed by atoms with Gasteiger partial charge in [0, 0.05) is 13.1 Å². The van der Waals surface area contributed by atoms with Crippen molar-refractivity contribution in [1.82, 2.24) is 15.5 Å². The molecule has 0 aromatic rings. The summed E-state index contributed by atoms with van der Waals surface area (Å²) in [7, 11) is 0. The number of guanidine groups is 1. The van der Waals surface area contributed by atoms with E-state index >= 15 is 0 Å². The second-order valence-electron chi connectivity index (χ2n) is 7.74. The molecule has 0 radical (unpaired) electrons. The normalized spacial score (nSPS) is 29.6. The van der Waals surface area contributed by atoms with Crippen LogP contribution in [0.5, 0.6) is 0 Å². The number of ether oxygens (including phenoxy) is 1. The zero-order valence-corrected chi connectivity index (χ0v) is 18.3. The van der Waals surface area contributed by atoms with E-state index in [9.17, 15) is 13.2 Å². The van der Waals surface area contributed by atoms with E-state index in [2.05, 4.69) is 15.6 Å². The first kappa shape index (κ1) is 23.0. The Morgan fingerprint density at radius 2 is 1.93 bits per heavy atom. The molecular weight excluding hydrogens is 472 g/mol. The van der Waals surface area contributed by atoms with Crippen LogP contribution in [0.2, 0.25) is 0 Å². The van der Waals surface area contributed by atoms with Crippen LogP contribution in [0.1, 0.15) is 45.4 Å². The third-order valence-electron chi connectivity index (χ3n) is 5.69. The number of rotatable bonds is 6. The summed E-state index contributed by atoms with van der Waals surface area (Å²) in [5, 5.41) is 6.79. The van der Waals surface area contributed by atoms with Crippen molar-refractivity contribution in [2.75, 3.05) is 32.7 Å². The van der Waals surface area contributed by atoms with Crippen LogP contribution in [0.4, 0.5) is 13.2 Å². The second-order valence-corrected chi connectivity index (χ2v) is 7.74. The van der Waals surface area contributed by atoms with Crippen molar-refractivity contribution in [1.29, 1.82) is 0 Å². The highest BCUT2D eigenvalue weighted by molar-refractivity contribution is 14.0. The largest absolute Gasteiger partial charge is 0.401 e. The number of nitrogens with one attached hydrogen (secondary N) is 2. The molecule has 0 spiro atoms. The molecule has 3 heterocycles. The van der Waals surface area contributed by atoms with E-state index in [1.165, 1.54) is 11.3 Å². The topological polar surface area (TPSA) is 48.9 Å². The minimum absolute atomic E-state index is 0. The first-order valence-electron chi connectivity index (χ1n) is 9.92. The molecule has 158 valence electrons. The molecule has 0 aromatic carbocycles. The lowest BCUT2D eigenvalue weighted by Crippen LogP contribution is -2.47. The van der Waals surface area contributed by atoms with E-state index in [1.54, 1.807) is 0 Å². The Balaban J connectivity index is 0.00000261. The van der Waals surface area contributed by atoms with E-state index in [0.717, 1.165) is 44.6 Å². The van der Waals surface area contributed by atoms with Crippen LogP contribution >= 0.6 is 24.0 Å². The summed E-state index contributed by atoms with van der Waals surface area (Å²) in [6.07, 6.45) is 2.56. The van der Waals surface area contributed by atoms with Gasteiger partial charge in [0.05, 0.1) is 24.8 Å². The maximum atomic E-state index is 12.4. The molecule has 3 fully saturated rings. The average Bonchev–Trinajstić information content (AvgIpc) is 3.18. The van der Waals surface area contributed by atoms with Gasteiger partial charge in [-0.1, -0.05) is 0 Å². The molecule has 27 heavy (non-hydrogen) atoms. The summed E-state index contributed by atoms with van der Waals surface area (Å²) in [5.41, 5.74) is 0. The Morgan fingerprint density at radius 3 is 2.48 bits per heavy atom. The van der Waals surface area contributed by atoms with Gasteiger partial charge >= 0.3 is 6.18 Å². The number of nitrogens with zero attached hydrogens (tertiary/aromatic N) is 2. The monoisotopic (exact) mass is 504 g/mol. The molecule has 5 nitrogen and oxygen atoms in total. The molecule has 0 saturated carbocycles. The van der Waals surface area contributed by atoms with Gasteiger partial charge in [0.1, 0.15) is 0 Å². The molecule has 9 heteroatoms. The lowest BCUT2D eigenvalue weighted by molar-refractivity contribution is -0.148. The van der Waals surface area contributed by atoms with Crippen molar-refractivity contribution >= 4 is 29.9 Å². The molecule has 0 aromatic heterocycles. The highest BCUT2D eigenvalue weighted by Crippen LogP contribution is 2.34. The van der Waals surface area contributed by atoms with Gasteiger partial charge < -0.3 is 15.4 Å². The minimum atomic E-state index is -4.09. The predicted octanol–water partition coefficient (Wildman–Crippen LogP) is 3.14. The SMILES string of the molecule is CCNC(=NCCC1CCN(CC(F)(F)F)CC1)NC1CC2CCC1O2.I. The fraction of sp³-hybridized carbons (Fsp3) is 0.944. The van der Waals surface area contributed by atoms with E-state index in [0.29, 0.717) is 43.8 Å². The quantitative estimate of drug-likeness (QED) is 0.332. The van der Waals surface area contributed by atoms with Crippen molar-refractivity contribution in [3.05, 3.63) is 0 Å². The lowest BCUT2D eigenvalue weighted by atomic mass is 9.93. The van der Waals surface area contributed by atoms with Crippen molar-refractivity contribution in [2.24, 2.45) is 10.9 Å².